The van der Waals surface area contributed by atoms with E-state index in [-0.39, 0.29) is 0 Å². The summed E-state index contributed by atoms with van der Waals surface area (Å²) in [5.74, 6) is 5.40. The van der Waals surface area contributed by atoms with E-state index in [1.165, 1.54) is 31.2 Å². The Morgan fingerprint density at radius 3 is 2.52 bits per heavy atom. The first-order valence-corrected chi connectivity index (χ1v) is 25.0. The molecule has 1 atom stereocenters. The molecule has 0 nitrogen and oxygen atoms in total. The van der Waals surface area contributed by atoms with E-state index in [0.29, 0.717) is 5.92 Å². The van der Waals surface area contributed by atoms with Gasteiger partial charge in [-0.1, -0.05) is 0 Å². The zero-order valence-corrected chi connectivity index (χ0v) is 22.6. The van der Waals surface area contributed by atoms with Crippen molar-refractivity contribution >= 4 is 35.4 Å². The van der Waals surface area contributed by atoms with Crippen molar-refractivity contribution in [3.8, 4) is 0 Å². The van der Waals surface area contributed by atoms with Gasteiger partial charge in [0.1, 0.15) is 0 Å². The van der Waals surface area contributed by atoms with Crippen LogP contribution in [0.3, 0.4) is 0 Å². The standard InChI is InChI=1S/C21H25Ge.2ClH.Hf/c1-5-9-17-14-18-12-8-13-19(22(3)4)15(2)20(18)21(17)16-10-6-7-11-16;;;/h6-8,10,12-13,15H,5,9,11H2,1-4H3;2*1H;/q;;;+2/p-2. The predicted octanol–water partition coefficient (Wildman–Crippen LogP) is 6.80. The molecule has 0 saturated carbocycles. The van der Waals surface area contributed by atoms with Gasteiger partial charge in [0.25, 0.3) is 0 Å². The maximum atomic E-state index is 6.70. The summed E-state index contributed by atoms with van der Waals surface area (Å²) in [6, 6.07) is 0. The van der Waals surface area contributed by atoms with Crippen LogP contribution in [-0.2, 0) is 19.1 Å². The number of rotatable bonds is 4. The molecule has 0 aliphatic heterocycles. The molecule has 0 saturated heterocycles. The van der Waals surface area contributed by atoms with Crippen molar-refractivity contribution in [1.29, 1.82) is 0 Å². The van der Waals surface area contributed by atoms with Crippen LogP contribution in [0.4, 0.5) is 0 Å². The summed E-state index contributed by atoms with van der Waals surface area (Å²) < 4.78 is 3.03. The van der Waals surface area contributed by atoms with E-state index in [4.69, 9.17) is 17.2 Å². The molecule has 25 heavy (non-hydrogen) atoms. The minimum atomic E-state index is -2.73. The van der Waals surface area contributed by atoms with Crippen LogP contribution < -0.4 is 0 Å². The van der Waals surface area contributed by atoms with E-state index in [1.807, 2.05) is 0 Å². The summed E-state index contributed by atoms with van der Waals surface area (Å²) >= 11 is -3.88. The third-order valence-electron chi connectivity index (χ3n) is 5.23. The molecule has 0 N–H and O–H groups in total. The number of halogens is 2. The van der Waals surface area contributed by atoms with Gasteiger partial charge in [-0.3, -0.25) is 0 Å². The second-order valence-corrected chi connectivity index (χ2v) is 23.9. The van der Waals surface area contributed by atoms with Crippen LogP contribution >= 0.6 is 17.2 Å². The van der Waals surface area contributed by atoms with Crippen molar-refractivity contribution in [2.24, 2.45) is 5.92 Å². The van der Waals surface area contributed by atoms with Gasteiger partial charge in [0, 0.05) is 0 Å². The van der Waals surface area contributed by atoms with Crippen LogP contribution in [0.1, 0.15) is 33.1 Å². The normalized spacial score (nSPS) is 22.3. The number of hydrogen-bond donors (Lipinski definition) is 0. The Morgan fingerprint density at radius 2 is 1.96 bits per heavy atom. The second kappa shape index (κ2) is 8.54. The first-order valence-electron chi connectivity index (χ1n) is 9.05. The zero-order valence-electron chi connectivity index (χ0n) is 15.4. The number of hydrogen-bond acceptors (Lipinski definition) is 0. The first-order chi connectivity index (χ1) is 12.0. The Hall–Kier alpha value is 0.303. The topological polar surface area (TPSA) is 0 Å². The first kappa shape index (κ1) is 20.0. The van der Waals surface area contributed by atoms with Gasteiger partial charge in [-0.05, 0) is 0 Å². The molecule has 0 bridgehead atoms. The van der Waals surface area contributed by atoms with Gasteiger partial charge in [-0.25, -0.2) is 0 Å². The van der Waals surface area contributed by atoms with Gasteiger partial charge in [0.05, 0.1) is 0 Å². The summed E-state index contributed by atoms with van der Waals surface area (Å²) in [4.78, 5) is 0. The van der Waals surface area contributed by atoms with Gasteiger partial charge in [0.2, 0.25) is 0 Å². The van der Waals surface area contributed by atoms with Crippen LogP contribution in [0.5, 0.6) is 0 Å². The van der Waals surface area contributed by atoms with Gasteiger partial charge >= 0.3 is 173 Å². The predicted molar refractivity (Wildman–Crippen MR) is 111 cm³/mol. The molecule has 0 aromatic rings. The third kappa shape index (κ3) is 3.81. The Labute approximate surface area is 171 Å². The molecule has 0 aromatic heterocycles. The van der Waals surface area contributed by atoms with Crippen molar-refractivity contribution in [2.75, 3.05) is 0 Å². The molecule has 1 unspecified atom stereocenters. The zero-order chi connectivity index (χ0) is 18.1. The van der Waals surface area contributed by atoms with Crippen LogP contribution in [0.15, 0.2) is 67.7 Å². The fraction of sp³-hybridized carbons (Fsp3) is 0.381. The van der Waals surface area contributed by atoms with E-state index in [2.05, 4.69) is 61.8 Å². The molecule has 131 valence electrons. The monoisotopic (exact) mass is 601 g/mol. The van der Waals surface area contributed by atoms with Crippen molar-refractivity contribution < 1.29 is 19.1 Å². The van der Waals surface area contributed by atoms with Gasteiger partial charge in [0.15, 0.2) is 0 Å². The number of allylic oxidation sites excluding steroid dienone is 12. The van der Waals surface area contributed by atoms with Crippen LogP contribution in [-0.4, -0.2) is 18.3 Å². The van der Waals surface area contributed by atoms with Crippen molar-refractivity contribution in [3.05, 3.63) is 67.7 Å². The van der Waals surface area contributed by atoms with Crippen LogP contribution in [0, 0.1) is 5.92 Å². The average Bonchev–Trinajstić information content (AvgIpc) is 3.13. The molecule has 3 aliphatic rings. The molecular formula is C21H25Cl2GeHf. The molecule has 3 rings (SSSR count). The average molecular weight is 599 g/mol. The third-order valence-corrected chi connectivity index (χ3v) is 15.4. The van der Waals surface area contributed by atoms with Crippen molar-refractivity contribution in [2.45, 2.75) is 44.6 Å². The fourth-order valence-electron chi connectivity index (χ4n) is 4.21. The van der Waals surface area contributed by atoms with E-state index in [1.54, 1.807) is 4.35 Å². The van der Waals surface area contributed by atoms with Crippen LogP contribution in [0.2, 0.25) is 11.5 Å². The Balaban J connectivity index is 2.28. The summed E-state index contributed by atoms with van der Waals surface area (Å²) in [7, 11) is 13.4. The van der Waals surface area contributed by atoms with E-state index < -0.39 is 33.0 Å². The number of fused-ring (bicyclic) bond motifs is 1. The van der Waals surface area contributed by atoms with Gasteiger partial charge < -0.3 is 0 Å². The molecule has 0 amide bonds. The molecule has 0 fully saturated rings. The molecule has 0 heterocycles. The van der Waals surface area contributed by atoms with Gasteiger partial charge in [-0.2, -0.15) is 0 Å². The molecular weight excluding hydrogens is 574 g/mol. The maximum absolute atomic E-state index is 6.70. The summed E-state index contributed by atoms with van der Waals surface area (Å²) in [6.07, 6.45) is 16.9. The summed E-state index contributed by atoms with van der Waals surface area (Å²) in [5.41, 5.74) is 7.32. The fourth-order valence-corrected chi connectivity index (χ4v) is 14.0. The quantitative estimate of drug-likeness (QED) is 0.312. The molecule has 0 radical (unpaired) electrons. The molecule has 0 aromatic carbocycles. The molecule has 3 aliphatic carbocycles. The van der Waals surface area contributed by atoms with E-state index in [9.17, 15) is 0 Å². The molecule has 4 heteroatoms. The second-order valence-electron chi connectivity index (χ2n) is 7.09. The van der Waals surface area contributed by atoms with Crippen molar-refractivity contribution in [3.63, 3.8) is 0 Å². The SMILES string of the molecule is CCCC1=[C]([Hf]([Cl])[Cl])C2=CC=C[C](=[Ge]([CH3])[CH3])C(C)C2=C1C1=CC=CC1. The van der Waals surface area contributed by atoms with Crippen molar-refractivity contribution in [1.82, 2.24) is 0 Å². The van der Waals surface area contributed by atoms with E-state index >= 15 is 0 Å². The molecule has 0 spiro atoms. The Bertz CT molecular complexity index is 800. The Kier molecular flexibility index (Phi) is 6.85. The van der Waals surface area contributed by atoms with Gasteiger partial charge in [-0.15, -0.1) is 0 Å². The van der Waals surface area contributed by atoms with Crippen LogP contribution in [0.25, 0.3) is 0 Å². The summed E-state index contributed by atoms with van der Waals surface area (Å²) in [5, 5.41) is 0. The van der Waals surface area contributed by atoms with E-state index in [0.717, 1.165) is 19.3 Å². The Morgan fingerprint density at radius 1 is 1.20 bits per heavy atom. The summed E-state index contributed by atoms with van der Waals surface area (Å²) in [6.45, 7) is 4.66. The minimum absolute atomic E-state index is 0.481.